The molecule has 2 aromatic carbocycles. The van der Waals surface area contributed by atoms with E-state index in [2.05, 4.69) is 5.32 Å². The van der Waals surface area contributed by atoms with Crippen molar-refractivity contribution in [3.63, 3.8) is 0 Å². The second kappa shape index (κ2) is 7.09. The third kappa shape index (κ3) is 4.08. The number of carbonyl (C=O) groups excluding carboxylic acids is 1. The van der Waals surface area contributed by atoms with Crippen molar-refractivity contribution in [3.05, 3.63) is 64.2 Å². The first-order valence-corrected chi connectivity index (χ1v) is 7.63. The summed E-state index contributed by atoms with van der Waals surface area (Å²) in [5.74, 6) is -0.264. The maximum atomic E-state index is 12.2. The summed E-state index contributed by atoms with van der Waals surface area (Å²) in [5.41, 5.74) is 1.26. The number of carbonyl (C=O) groups is 1. The molecule has 1 amide bonds. The molecular weight excluding hydrogens is 300 g/mol. The van der Waals surface area contributed by atoms with Gasteiger partial charge < -0.3 is 5.32 Å². The highest BCUT2D eigenvalue weighted by Crippen LogP contribution is 2.27. The van der Waals surface area contributed by atoms with Crippen LogP contribution in [0.3, 0.4) is 0 Å². The first-order valence-electron chi connectivity index (χ1n) is 6.75. The van der Waals surface area contributed by atoms with Gasteiger partial charge in [0.15, 0.2) is 0 Å². The van der Waals surface area contributed by atoms with Crippen LogP contribution in [0.25, 0.3) is 0 Å². The van der Waals surface area contributed by atoms with Crippen molar-refractivity contribution >= 4 is 29.0 Å². The number of rotatable bonds is 5. The van der Waals surface area contributed by atoms with Crippen LogP contribution in [0.5, 0.6) is 0 Å². The van der Waals surface area contributed by atoms with Gasteiger partial charge in [-0.15, -0.1) is 11.8 Å². The van der Waals surface area contributed by atoms with Crippen molar-refractivity contribution < 1.29 is 9.72 Å². The SMILES string of the molecule is Cc1ccc(SC(C)C(=O)Nc2ccccc2[N+](=O)[O-])cc1. The molecule has 0 spiro atoms. The van der Waals surface area contributed by atoms with E-state index in [9.17, 15) is 14.9 Å². The summed E-state index contributed by atoms with van der Waals surface area (Å²) in [6.45, 7) is 3.77. The highest BCUT2D eigenvalue weighted by Gasteiger charge is 2.19. The van der Waals surface area contributed by atoms with Gasteiger partial charge in [0.1, 0.15) is 5.69 Å². The average molecular weight is 316 g/mol. The lowest BCUT2D eigenvalue weighted by Crippen LogP contribution is -2.22. The third-order valence-corrected chi connectivity index (χ3v) is 4.17. The van der Waals surface area contributed by atoms with Crippen molar-refractivity contribution in [2.24, 2.45) is 0 Å². The molecule has 2 rings (SSSR count). The molecule has 0 aliphatic carbocycles. The van der Waals surface area contributed by atoms with E-state index in [1.54, 1.807) is 19.1 Å². The summed E-state index contributed by atoms with van der Waals surface area (Å²) in [6, 6.07) is 14.0. The second-order valence-electron chi connectivity index (χ2n) is 4.84. The molecule has 22 heavy (non-hydrogen) atoms. The number of nitro benzene ring substituents is 1. The zero-order valence-electron chi connectivity index (χ0n) is 12.3. The van der Waals surface area contributed by atoms with E-state index in [4.69, 9.17) is 0 Å². The van der Waals surface area contributed by atoms with Crippen LogP contribution in [-0.4, -0.2) is 16.1 Å². The molecule has 1 atom stereocenters. The fraction of sp³-hybridized carbons (Fsp3) is 0.188. The maximum absolute atomic E-state index is 12.2. The smallest absolute Gasteiger partial charge is 0.292 e. The van der Waals surface area contributed by atoms with Gasteiger partial charge in [-0.2, -0.15) is 0 Å². The maximum Gasteiger partial charge on any atom is 0.292 e. The predicted molar refractivity (Wildman–Crippen MR) is 88.2 cm³/mol. The summed E-state index contributed by atoms with van der Waals surface area (Å²) >= 11 is 1.41. The third-order valence-electron chi connectivity index (χ3n) is 3.06. The Bertz CT molecular complexity index is 686. The average Bonchev–Trinajstić information content (AvgIpc) is 2.49. The number of nitro groups is 1. The number of amides is 1. The number of hydrogen-bond acceptors (Lipinski definition) is 4. The molecule has 1 unspecified atom stereocenters. The molecule has 0 bridgehead atoms. The van der Waals surface area contributed by atoms with Crippen LogP contribution in [0.2, 0.25) is 0 Å². The van der Waals surface area contributed by atoms with E-state index in [1.807, 2.05) is 31.2 Å². The Kier molecular flexibility index (Phi) is 5.16. The lowest BCUT2D eigenvalue weighted by molar-refractivity contribution is -0.383. The lowest BCUT2D eigenvalue weighted by Gasteiger charge is -2.12. The molecule has 0 aliphatic rings. The van der Waals surface area contributed by atoms with Crippen LogP contribution in [-0.2, 0) is 4.79 Å². The molecule has 0 heterocycles. The Morgan fingerprint density at radius 1 is 1.18 bits per heavy atom. The summed E-state index contributed by atoms with van der Waals surface area (Å²) in [4.78, 5) is 23.6. The first kappa shape index (κ1) is 16.0. The zero-order chi connectivity index (χ0) is 16.1. The Hall–Kier alpha value is -2.34. The van der Waals surface area contributed by atoms with E-state index in [1.165, 1.54) is 23.9 Å². The quantitative estimate of drug-likeness (QED) is 0.513. The fourth-order valence-electron chi connectivity index (χ4n) is 1.85. The molecule has 0 radical (unpaired) electrons. The number of nitrogens with zero attached hydrogens (tertiary/aromatic N) is 1. The monoisotopic (exact) mass is 316 g/mol. The Morgan fingerprint density at radius 3 is 2.45 bits per heavy atom. The lowest BCUT2D eigenvalue weighted by atomic mass is 10.2. The number of hydrogen-bond donors (Lipinski definition) is 1. The second-order valence-corrected chi connectivity index (χ2v) is 6.25. The van der Waals surface area contributed by atoms with Crippen molar-refractivity contribution in [2.45, 2.75) is 24.0 Å². The number of para-hydroxylation sites is 2. The van der Waals surface area contributed by atoms with Crippen molar-refractivity contribution in [1.82, 2.24) is 0 Å². The minimum Gasteiger partial charge on any atom is -0.319 e. The topological polar surface area (TPSA) is 72.2 Å². The largest absolute Gasteiger partial charge is 0.319 e. The normalized spacial score (nSPS) is 11.7. The highest BCUT2D eigenvalue weighted by atomic mass is 32.2. The molecule has 0 aliphatic heterocycles. The Balaban J connectivity index is 2.05. The number of aryl methyl sites for hydroxylation is 1. The molecule has 5 nitrogen and oxygen atoms in total. The van der Waals surface area contributed by atoms with E-state index in [0.29, 0.717) is 0 Å². The molecule has 0 fully saturated rings. The van der Waals surface area contributed by atoms with E-state index >= 15 is 0 Å². The molecule has 2 aromatic rings. The van der Waals surface area contributed by atoms with Gasteiger partial charge in [0.25, 0.3) is 5.69 Å². The Morgan fingerprint density at radius 2 is 1.82 bits per heavy atom. The van der Waals surface area contributed by atoms with Gasteiger partial charge in [0.2, 0.25) is 5.91 Å². The van der Waals surface area contributed by atoms with Gasteiger partial charge in [0, 0.05) is 11.0 Å². The molecule has 1 N–H and O–H groups in total. The van der Waals surface area contributed by atoms with Crippen LogP contribution in [0, 0.1) is 17.0 Å². The predicted octanol–water partition coefficient (Wildman–Crippen LogP) is 4.02. The van der Waals surface area contributed by atoms with Gasteiger partial charge >= 0.3 is 0 Å². The van der Waals surface area contributed by atoms with Gasteiger partial charge in [-0.05, 0) is 32.0 Å². The molecule has 0 saturated carbocycles. The van der Waals surface area contributed by atoms with Crippen molar-refractivity contribution in [2.75, 3.05) is 5.32 Å². The van der Waals surface area contributed by atoms with Gasteiger partial charge in [-0.3, -0.25) is 14.9 Å². The summed E-state index contributed by atoms with van der Waals surface area (Å²) in [7, 11) is 0. The summed E-state index contributed by atoms with van der Waals surface area (Å²) in [6.07, 6.45) is 0. The van der Waals surface area contributed by atoms with Gasteiger partial charge in [0.05, 0.1) is 10.2 Å². The molecule has 0 aromatic heterocycles. The molecule has 114 valence electrons. The van der Waals surface area contributed by atoms with Crippen molar-refractivity contribution in [1.29, 1.82) is 0 Å². The van der Waals surface area contributed by atoms with E-state index < -0.39 is 4.92 Å². The number of benzene rings is 2. The van der Waals surface area contributed by atoms with Crippen LogP contribution in [0.15, 0.2) is 53.4 Å². The number of anilines is 1. The van der Waals surface area contributed by atoms with Crippen LogP contribution >= 0.6 is 11.8 Å². The van der Waals surface area contributed by atoms with Gasteiger partial charge in [-0.1, -0.05) is 29.8 Å². The van der Waals surface area contributed by atoms with Crippen LogP contribution < -0.4 is 5.32 Å². The van der Waals surface area contributed by atoms with Crippen molar-refractivity contribution in [3.8, 4) is 0 Å². The van der Waals surface area contributed by atoms with Gasteiger partial charge in [-0.25, -0.2) is 0 Å². The van der Waals surface area contributed by atoms with Crippen LogP contribution in [0.4, 0.5) is 11.4 Å². The number of thioether (sulfide) groups is 1. The number of nitrogens with one attached hydrogen (secondary N) is 1. The minimum atomic E-state index is -0.507. The zero-order valence-corrected chi connectivity index (χ0v) is 13.1. The standard InChI is InChI=1S/C16H16N2O3S/c1-11-7-9-13(10-8-11)22-12(2)16(19)17-14-5-3-4-6-15(14)18(20)21/h3-10,12H,1-2H3,(H,17,19). The first-order chi connectivity index (χ1) is 10.5. The highest BCUT2D eigenvalue weighted by molar-refractivity contribution is 8.00. The summed E-state index contributed by atoms with van der Waals surface area (Å²) in [5, 5.41) is 13.2. The molecular formula is C16H16N2O3S. The fourth-order valence-corrected chi connectivity index (χ4v) is 2.71. The van der Waals surface area contributed by atoms with Crippen LogP contribution in [0.1, 0.15) is 12.5 Å². The minimum absolute atomic E-state index is 0.108. The summed E-state index contributed by atoms with van der Waals surface area (Å²) < 4.78 is 0. The Labute approximate surface area is 132 Å². The van der Waals surface area contributed by atoms with E-state index in [0.717, 1.165) is 10.5 Å². The molecule has 6 heteroatoms. The van der Waals surface area contributed by atoms with E-state index in [-0.39, 0.29) is 22.5 Å². The molecule has 0 saturated heterocycles.